The lowest BCUT2D eigenvalue weighted by Crippen LogP contribution is -2.18. The number of ether oxygens (including phenoxy) is 1. The molecule has 3 heteroatoms. The predicted octanol–water partition coefficient (Wildman–Crippen LogP) is 3.42. The van der Waals surface area contributed by atoms with E-state index in [-0.39, 0.29) is 11.2 Å². The maximum atomic E-state index is 12.1. The van der Waals surface area contributed by atoms with Crippen LogP contribution >= 0.6 is 0 Å². The summed E-state index contributed by atoms with van der Waals surface area (Å²) in [5, 5.41) is 0. The van der Waals surface area contributed by atoms with Crippen LogP contribution in [0.25, 0.3) is 0 Å². The van der Waals surface area contributed by atoms with Crippen molar-refractivity contribution in [2.45, 2.75) is 40.0 Å². The van der Waals surface area contributed by atoms with Gasteiger partial charge in [-0.05, 0) is 56.0 Å². The van der Waals surface area contributed by atoms with E-state index in [0.29, 0.717) is 19.6 Å². The molecule has 106 valence electrons. The first-order valence-corrected chi connectivity index (χ1v) is 6.94. The Labute approximate surface area is 116 Å². The Morgan fingerprint density at radius 2 is 1.84 bits per heavy atom. The minimum Gasteiger partial charge on any atom is -0.494 e. The summed E-state index contributed by atoms with van der Waals surface area (Å²) in [6.07, 6.45) is 2.39. The smallest absolute Gasteiger partial charge is 0.162 e. The zero-order chi connectivity index (χ0) is 14.3. The normalized spacial score (nSPS) is 11.4. The minimum atomic E-state index is 0.135. The quantitative estimate of drug-likeness (QED) is 0.731. The second-order valence-corrected chi connectivity index (χ2v) is 5.58. The summed E-state index contributed by atoms with van der Waals surface area (Å²) >= 11 is 0. The van der Waals surface area contributed by atoms with E-state index in [0.717, 1.165) is 24.2 Å². The van der Waals surface area contributed by atoms with Gasteiger partial charge in [0.1, 0.15) is 5.75 Å². The van der Waals surface area contributed by atoms with Gasteiger partial charge in [0.2, 0.25) is 0 Å². The van der Waals surface area contributed by atoms with Gasteiger partial charge in [0.25, 0.3) is 0 Å². The first-order valence-electron chi connectivity index (χ1n) is 6.94. The fourth-order valence-corrected chi connectivity index (χ4v) is 2.02. The Hall–Kier alpha value is -1.35. The summed E-state index contributed by atoms with van der Waals surface area (Å²) in [6.45, 7) is 7.57. The van der Waals surface area contributed by atoms with E-state index in [4.69, 9.17) is 10.5 Å². The number of hydrogen-bond donors (Lipinski definition) is 1. The van der Waals surface area contributed by atoms with Crippen LogP contribution in [0.15, 0.2) is 24.3 Å². The van der Waals surface area contributed by atoms with Crippen LogP contribution < -0.4 is 10.5 Å². The molecule has 0 aliphatic heterocycles. The summed E-state index contributed by atoms with van der Waals surface area (Å²) < 4.78 is 5.36. The van der Waals surface area contributed by atoms with Gasteiger partial charge in [-0.25, -0.2) is 0 Å². The molecule has 0 atom stereocenters. The van der Waals surface area contributed by atoms with Gasteiger partial charge in [0, 0.05) is 12.0 Å². The van der Waals surface area contributed by atoms with Crippen molar-refractivity contribution in [3.8, 4) is 5.75 Å². The van der Waals surface area contributed by atoms with Gasteiger partial charge in [-0.3, -0.25) is 4.79 Å². The highest BCUT2D eigenvalue weighted by Crippen LogP contribution is 2.27. The average Bonchev–Trinajstić information content (AvgIpc) is 2.37. The molecular weight excluding hydrogens is 238 g/mol. The molecule has 0 fully saturated rings. The number of ketones is 1. The second-order valence-electron chi connectivity index (χ2n) is 5.58. The van der Waals surface area contributed by atoms with Crippen molar-refractivity contribution >= 4 is 5.78 Å². The Balaban J connectivity index is 2.53. The fourth-order valence-electron chi connectivity index (χ4n) is 2.02. The standard InChI is InChI=1S/C16H25NO2/c1-4-19-14-7-5-13(6-8-14)15(18)9-10-16(2,3)11-12-17/h5-8H,4,9-12,17H2,1-3H3. The molecule has 0 spiro atoms. The molecule has 0 saturated carbocycles. The largest absolute Gasteiger partial charge is 0.494 e. The number of rotatable bonds is 8. The number of carbonyl (C=O) groups excluding carboxylic acids is 1. The lowest BCUT2D eigenvalue weighted by Gasteiger charge is -2.23. The first-order chi connectivity index (χ1) is 8.98. The van der Waals surface area contributed by atoms with E-state index >= 15 is 0 Å². The Kier molecular flexibility index (Phi) is 6.03. The summed E-state index contributed by atoms with van der Waals surface area (Å²) in [5.41, 5.74) is 6.47. The molecular formula is C16H25NO2. The second kappa shape index (κ2) is 7.29. The molecule has 1 aromatic carbocycles. The van der Waals surface area contributed by atoms with Crippen molar-refractivity contribution in [3.05, 3.63) is 29.8 Å². The zero-order valence-corrected chi connectivity index (χ0v) is 12.2. The third kappa shape index (κ3) is 5.43. The van der Waals surface area contributed by atoms with Gasteiger partial charge in [0.05, 0.1) is 6.61 Å². The molecule has 0 amide bonds. The molecule has 0 heterocycles. The minimum absolute atomic E-state index is 0.135. The van der Waals surface area contributed by atoms with E-state index in [1.54, 1.807) is 0 Å². The Morgan fingerprint density at radius 3 is 2.37 bits per heavy atom. The maximum Gasteiger partial charge on any atom is 0.162 e. The lowest BCUT2D eigenvalue weighted by molar-refractivity contribution is 0.0961. The molecule has 1 aromatic rings. The monoisotopic (exact) mass is 263 g/mol. The van der Waals surface area contributed by atoms with Crippen molar-refractivity contribution in [3.63, 3.8) is 0 Å². The highest BCUT2D eigenvalue weighted by atomic mass is 16.5. The lowest BCUT2D eigenvalue weighted by atomic mass is 9.83. The summed E-state index contributed by atoms with van der Waals surface area (Å²) in [6, 6.07) is 7.37. The zero-order valence-electron chi connectivity index (χ0n) is 12.2. The van der Waals surface area contributed by atoms with E-state index in [1.165, 1.54) is 0 Å². The fraction of sp³-hybridized carbons (Fsp3) is 0.562. The Bertz CT molecular complexity index is 396. The van der Waals surface area contributed by atoms with Crippen LogP contribution in [0, 0.1) is 5.41 Å². The van der Waals surface area contributed by atoms with Crippen LogP contribution in [0.1, 0.15) is 50.4 Å². The van der Waals surface area contributed by atoms with Gasteiger partial charge < -0.3 is 10.5 Å². The van der Waals surface area contributed by atoms with Gasteiger partial charge in [-0.1, -0.05) is 13.8 Å². The predicted molar refractivity (Wildman–Crippen MR) is 78.6 cm³/mol. The van der Waals surface area contributed by atoms with Gasteiger partial charge in [-0.15, -0.1) is 0 Å². The van der Waals surface area contributed by atoms with Crippen molar-refractivity contribution < 1.29 is 9.53 Å². The molecule has 0 unspecified atom stereocenters. The van der Waals surface area contributed by atoms with Gasteiger partial charge >= 0.3 is 0 Å². The number of benzene rings is 1. The van der Waals surface area contributed by atoms with Crippen LogP contribution in [0.2, 0.25) is 0 Å². The van der Waals surface area contributed by atoms with Crippen molar-refractivity contribution in [2.75, 3.05) is 13.2 Å². The number of hydrogen-bond acceptors (Lipinski definition) is 3. The third-order valence-corrected chi connectivity index (χ3v) is 3.34. The van der Waals surface area contributed by atoms with E-state index < -0.39 is 0 Å². The van der Waals surface area contributed by atoms with Gasteiger partial charge in [0.15, 0.2) is 5.78 Å². The van der Waals surface area contributed by atoms with Crippen molar-refractivity contribution in [2.24, 2.45) is 11.1 Å². The average molecular weight is 263 g/mol. The molecule has 0 bridgehead atoms. The number of carbonyl (C=O) groups is 1. The van der Waals surface area contributed by atoms with Crippen LogP contribution in [0.5, 0.6) is 5.75 Å². The van der Waals surface area contributed by atoms with Crippen LogP contribution in [-0.4, -0.2) is 18.9 Å². The van der Waals surface area contributed by atoms with E-state index in [2.05, 4.69) is 13.8 Å². The number of Topliss-reactive ketones (excluding diaryl/α,β-unsaturated/α-hetero) is 1. The molecule has 0 aliphatic carbocycles. The number of nitrogens with two attached hydrogens (primary N) is 1. The SMILES string of the molecule is CCOc1ccc(C(=O)CCC(C)(C)CCN)cc1. The molecule has 1 rings (SSSR count). The van der Waals surface area contributed by atoms with Crippen LogP contribution in [-0.2, 0) is 0 Å². The molecule has 0 radical (unpaired) electrons. The summed E-state index contributed by atoms with van der Waals surface area (Å²) in [4.78, 5) is 12.1. The molecule has 0 aliphatic rings. The van der Waals surface area contributed by atoms with E-state index in [9.17, 15) is 4.79 Å². The third-order valence-electron chi connectivity index (χ3n) is 3.34. The molecule has 0 aromatic heterocycles. The topological polar surface area (TPSA) is 52.3 Å². The molecule has 2 N–H and O–H groups in total. The van der Waals surface area contributed by atoms with Crippen LogP contribution in [0.4, 0.5) is 0 Å². The summed E-state index contributed by atoms with van der Waals surface area (Å²) in [7, 11) is 0. The maximum absolute atomic E-state index is 12.1. The highest BCUT2D eigenvalue weighted by Gasteiger charge is 2.18. The molecule has 3 nitrogen and oxygen atoms in total. The summed E-state index contributed by atoms with van der Waals surface area (Å²) in [5.74, 6) is 0.996. The van der Waals surface area contributed by atoms with Crippen molar-refractivity contribution in [1.82, 2.24) is 0 Å². The Morgan fingerprint density at radius 1 is 1.21 bits per heavy atom. The van der Waals surface area contributed by atoms with Crippen LogP contribution in [0.3, 0.4) is 0 Å². The molecule has 19 heavy (non-hydrogen) atoms. The van der Waals surface area contributed by atoms with Gasteiger partial charge in [-0.2, -0.15) is 0 Å². The molecule has 0 saturated heterocycles. The highest BCUT2D eigenvalue weighted by molar-refractivity contribution is 5.96. The van der Waals surface area contributed by atoms with Crippen molar-refractivity contribution in [1.29, 1.82) is 0 Å². The first kappa shape index (κ1) is 15.7. The van der Waals surface area contributed by atoms with E-state index in [1.807, 2.05) is 31.2 Å².